The topological polar surface area (TPSA) is 50.7 Å². The third-order valence-electron chi connectivity index (χ3n) is 2.77. The minimum Gasteiger partial charge on any atom is -0.370 e. The molecule has 0 saturated carbocycles. The Labute approximate surface area is 114 Å². The van der Waals surface area contributed by atoms with Crippen LogP contribution < -0.4 is 5.32 Å². The van der Waals surface area contributed by atoms with E-state index in [1.165, 1.54) is 0 Å². The Hall–Kier alpha value is -1.97. The molecule has 0 spiro atoms. The van der Waals surface area contributed by atoms with Gasteiger partial charge in [0.25, 0.3) is 0 Å². The molecule has 0 saturated heterocycles. The lowest BCUT2D eigenvalue weighted by Crippen LogP contribution is -2.04. The first kappa shape index (κ1) is 13.5. The van der Waals surface area contributed by atoms with Crippen molar-refractivity contribution in [3.05, 3.63) is 35.9 Å². The van der Waals surface area contributed by atoms with Crippen LogP contribution in [0.15, 0.2) is 24.5 Å². The van der Waals surface area contributed by atoms with Gasteiger partial charge in [0.2, 0.25) is 0 Å². The Morgan fingerprint density at radius 2 is 1.95 bits per heavy atom. The van der Waals surface area contributed by atoms with Crippen LogP contribution in [0.5, 0.6) is 0 Å². The second-order valence-electron chi connectivity index (χ2n) is 4.59. The second-order valence-corrected chi connectivity index (χ2v) is 4.59. The predicted molar refractivity (Wildman–Crippen MR) is 78.2 cm³/mol. The summed E-state index contributed by atoms with van der Waals surface area (Å²) in [6.45, 7) is 7.09. The standard InChI is InChI=1S/C15H20N4/c1-4-6-14-18-13(8-15(19-14)17-5-2)12-7-11(3)9-16-10-12/h7-10H,4-6H2,1-3H3,(H,17,18,19). The van der Waals surface area contributed by atoms with Crippen LogP contribution in [-0.4, -0.2) is 21.5 Å². The van der Waals surface area contributed by atoms with E-state index in [0.717, 1.165) is 47.8 Å². The fourth-order valence-electron chi connectivity index (χ4n) is 1.95. The van der Waals surface area contributed by atoms with Crippen LogP contribution in [0.2, 0.25) is 0 Å². The molecular formula is C15H20N4. The minimum atomic E-state index is 0.855. The van der Waals surface area contributed by atoms with Crippen LogP contribution in [0, 0.1) is 6.92 Å². The SMILES string of the molecule is CCCc1nc(NCC)cc(-c2cncc(C)c2)n1. The molecule has 4 nitrogen and oxygen atoms in total. The summed E-state index contributed by atoms with van der Waals surface area (Å²) in [4.78, 5) is 13.4. The molecule has 2 aromatic heterocycles. The molecule has 2 rings (SSSR count). The van der Waals surface area contributed by atoms with Gasteiger partial charge in [-0.15, -0.1) is 0 Å². The monoisotopic (exact) mass is 256 g/mol. The van der Waals surface area contributed by atoms with Crippen LogP contribution in [0.1, 0.15) is 31.7 Å². The van der Waals surface area contributed by atoms with Crippen molar-refractivity contribution >= 4 is 5.82 Å². The van der Waals surface area contributed by atoms with Gasteiger partial charge in [-0.05, 0) is 31.9 Å². The zero-order chi connectivity index (χ0) is 13.7. The Morgan fingerprint density at radius 1 is 1.11 bits per heavy atom. The molecule has 2 heterocycles. The van der Waals surface area contributed by atoms with Crippen molar-refractivity contribution < 1.29 is 0 Å². The molecule has 2 aromatic rings. The first-order valence-corrected chi connectivity index (χ1v) is 6.76. The van der Waals surface area contributed by atoms with E-state index in [1.54, 1.807) is 0 Å². The molecule has 0 fully saturated rings. The summed E-state index contributed by atoms with van der Waals surface area (Å²) in [6, 6.07) is 4.08. The summed E-state index contributed by atoms with van der Waals surface area (Å²) in [5.41, 5.74) is 3.11. The number of anilines is 1. The number of nitrogens with one attached hydrogen (secondary N) is 1. The summed E-state index contributed by atoms with van der Waals surface area (Å²) in [5.74, 6) is 1.77. The van der Waals surface area contributed by atoms with E-state index < -0.39 is 0 Å². The Bertz CT molecular complexity index is 527. The molecule has 0 aliphatic heterocycles. The quantitative estimate of drug-likeness (QED) is 0.892. The Kier molecular flexibility index (Phi) is 4.44. The van der Waals surface area contributed by atoms with E-state index in [4.69, 9.17) is 0 Å². The first-order chi connectivity index (χ1) is 9.22. The van der Waals surface area contributed by atoms with Crippen molar-refractivity contribution in [3.63, 3.8) is 0 Å². The van der Waals surface area contributed by atoms with Crippen LogP contribution >= 0.6 is 0 Å². The first-order valence-electron chi connectivity index (χ1n) is 6.76. The molecule has 0 amide bonds. The van der Waals surface area contributed by atoms with Gasteiger partial charge in [0.05, 0.1) is 5.69 Å². The lowest BCUT2D eigenvalue weighted by Gasteiger charge is -2.09. The van der Waals surface area contributed by atoms with Crippen LogP contribution in [0.4, 0.5) is 5.82 Å². The van der Waals surface area contributed by atoms with Crippen molar-refractivity contribution in [3.8, 4) is 11.3 Å². The maximum absolute atomic E-state index is 4.63. The van der Waals surface area contributed by atoms with E-state index in [2.05, 4.69) is 40.2 Å². The van der Waals surface area contributed by atoms with E-state index in [0.29, 0.717) is 0 Å². The Morgan fingerprint density at radius 3 is 2.63 bits per heavy atom. The highest BCUT2D eigenvalue weighted by molar-refractivity contribution is 5.62. The molecule has 100 valence electrons. The molecule has 0 aromatic carbocycles. The molecule has 4 heteroatoms. The second kappa shape index (κ2) is 6.27. The van der Waals surface area contributed by atoms with Gasteiger partial charge < -0.3 is 5.32 Å². The summed E-state index contributed by atoms with van der Waals surface area (Å²) in [6.07, 6.45) is 5.64. The van der Waals surface area contributed by atoms with Crippen molar-refractivity contribution in [1.29, 1.82) is 0 Å². The summed E-state index contributed by atoms with van der Waals surface area (Å²) in [7, 11) is 0. The summed E-state index contributed by atoms with van der Waals surface area (Å²) >= 11 is 0. The highest BCUT2D eigenvalue weighted by atomic mass is 15.0. The lowest BCUT2D eigenvalue weighted by atomic mass is 10.1. The average molecular weight is 256 g/mol. The van der Waals surface area contributed by atoms with Gasteiger partial charge in [-0.25, -0.2) is 9.97 Å². The smallest absolute Gasteiger partial charge is 0.131 e. The van der Waals surface area contributed by atoms with E-state index in [9.17, 15) is 0 Å². The molecule has 19 heavy (non-hydrogen) atoms. The Balaban J connectivity index is 2.43. The number of hydrogen-bond acceptors (Lipinski definition) is 4. The van der Waals surface area contributed by atoms with Crippen molar-refractivity contribution in [2.45, 2.75) is 33.6 Å². The van der Waals surface area contributed by atoms with Crippen LogP contribution in [0.25, 0.3) is 11.3 Å². The van der Waals surface area contributed by atoms with Gasteiger partial charge in [-0.1, -0.05) is 6.92 Å². The molecule has 0 radical (unpaired) electrons. The van der Waals surface area contributed by atoms with Crippen LogP contribution in [-0.2, 0) is 6.42 Å². The van der Waals surface area contributed by atoms with E-state index in [-0.39, 0.29) is 0 Å². The number of nitrogens with zero attached hydrogens (tertiary/aromatic N) is 3. The zero-order valence-electron chi connectivity index (χ0n) is 11.8. The zero-order valence-corrected chi connectivity index (χ0v) is 11.8. The third-order valence-corrected chi connectivity index (χ3v) is 2.77. The van der Waals surface area contributed by atoms with Crippen molar-refractivity contribution in [1.82, 2.24) is 15.0 Å². The third kappa shape index (κ3) is 3.50. The number of aromatic nitrogens is 3. The van der Waals surface area contributed by atoms with Crippen molar-refractivity contribution in [2.75, 3.05) is 11.9 Å². The molecule has 0 aliphatic rings. The molecule has 0 unspecified atom stereocenters. The van der Waals surface area contributed by atoms with E-state index >= 15 is 0 Å². The van der Waals surface area contributed by atoms with Gasteiger partial charge in [-0.2, -0.15) is 0 Å². The number of pyridine rings is 1. The fraction of sp³-hybridized carbons (Fsp3) is 0.400. The number of aryl methyl sites for hydroxylation is 2. The predicted octanol–water partition coefficient (Wildman–Crippen LogP) is 3.23. The fourth-order valence-corrected chi connectivity index (χ4v) is 1.95. The lowest BCUT2D eigenvalue weighted by molar-refractivity contribution is 0.836. The maximum atomic E-state index is 4.63. The molecule has 0 aliphatic carbocycles. The normalized spacial score (nSPS) is 10.5. The van der Waals surface area contributed by atoms with Crippen LogP contribution in [0.3, 0.4) is 0 Å². The largest absolute Gasteiger partial charge is 0.370 e. The summed E-state index contributed by atoms with van der Waals surface area (Å²) < 4.78 is 0. The number of rotatable bonds is 5. The number of hydrogen-bond donors (Lipinski definition) is 1. The average Bonchev–Trinajstić information content (AvgIpc) is 2.39. The molecule has 0 atom stereocenters. The maximum Gasteiger partial charge on any atom is 0.131 e. The van der Waals surface area contributed by atoms with Gasteiger partial charge >= 0.3 is 0 Å². The summed E-state index contributed by atoms with van der Waals surface area (Å²) in [5, 5.41) is 3.26. The molecule has 0 bridgehead atoms. The van der Waals surface area contributed by atoms with Gasteiger partial charge in [0.1, 0.15) is 11.6 Å². The highest BCUT2D eigenvalue weighted by Crippen LogP contribution is 2.20. The van der Waals surface area contributed by atoms with E-state index in [1.807, 2.05) is 25.4 Å². The van der Waals surface area contributed by atoms with Gasteiger partial charge in [0, 0.05) is 37.0 Å². The van der Waals surface area contributed by atoms with Gasteiger partial charge in [0.15, 0.2) is 0 Å². The molecular weight excluding hydrogens is 236 g/mol. The minimum absolute atomic E-state index is 0.855. The van der Waals surface area contributed by atoms with Crippen molar-refractivity contribution in [2.24, 2.45) is 0 Å². The molecule has 1 N–H and O–H groups in total. The van der Waals surface area contributed by atoms with Gasteiger partial charge in [-0.3, -0.25) is 4.98 Å². The highest BCUT2D eigenvalue weighted by Gasteiger charge is 2.06.